The van der Waals surface area contributed by atoms with Crippen LogP contribution in [0.2, 0.25) is 0 Å². The molecule has 0 bridgehead atoms. The molecule has 3 rings (SSSR count). The Morgan fingerprint density at radius 2 is 1.69 bits per heavy atom. The number of hydrogen-bond acceptors (Lipinski definition) is 3. The summed E-state index contributed by atoms with van der Waals surface area (Å²) in [5.74, 6) is -0.819. The number of hydrogen-bond donors (Lipinski definition) is 3. The number of rotatable bonds is 5. The molecule has 3 aromatic rings. The van der Waals surface area contributed by atoms with E-state index in [1.54, 1.807) is 12.1 Å². The van der Waals surface area contributed by atoms with Crippen molar-refractivity contribution in [2.24, 2.45) is 0 Å². The Hall–Kier alpha value is -3.41. The molecule has 1 aromatic heterocycles. The van der Waals surface area contributed by atoms with Crippen molar-refractivity contribution >= 4 is 17.5 Å². The number of H-pyrrole nitrogens is 1. The van der Waals surface area contributed by atoms with E-state index in [2.05, 4.69) is 20.6 Å². The highest BCUT2D eigenvalue weighted by Crippen LogP contribution is 2.14. The molecule has 0 fully saturated rings. The van der Waals surface area contributed by atoms with Gasteiger partial charge >= 0.3 is 0 Å². The Bertz CT molecular complexity index is 901. The normalized spacial score (nSPS) is 11.6. The third kappa shape index (κ3) is 3.97. The Kier molecular flexibility index (Phi) is 5.12. The van der Waals surface area contributed by atoms with Gasteiger partial charge in [-0.15, -0.1) is 0 Å². The lowest BCUT2D eigenvalue weighted by Gasteiger charge is -2.14. The van der Waals surface area contributed by atoms with Crippen LogP contribution in [0.3, 0.4) is 0 Å². The van der Waals surface area contributed by atoms with Crippen molar-refractivity contribution in [2.45, 2.75) is 19.9 Å². The predicted molar refractivity (Wildman–Crippen MR) is 100 cm³/mol. The summed E-state index contributed by atoms with van der Waals surface area (Å²) in [4.78, 5) is 31.8. The molecule has 6 nitrogen and oxygen atoms in total. The van der Waals surface area contributed by atoms with E-state index in [9.17, 15) is 9.59 Å². The number of amides is 2. The topological polar surface area (TPSA) is 86.9 Å². The first kappa shape index (κ1) is 17.4. The van der Waals surface area contributed by atoms with Crippen LogP contribution in [0.1, 0.15) is 45.1 Å². The zero-order chi connectivity index (χ0) is 18.5. The fourth-order valence-corrected chi connectivity index (χ4v) is 2.56. The van der Waals surface area contributed by atoms with E-state index in [1.807, 2.05) is 56.3 Å². The minimum Gasteiger partial charge on any atom is -0.344 e. The molecule has 26 heavy (non-hydrogen) atoms. The number of aryl methyl sites for hydroxylation is 1. The fraction of sp³-hybridized carbons (Fsp3) is 0.150. The number of imidazole rings is 1. The van der Waals surface area contributed by atoms with Gasteiger partial charge in [-0.25, -0.2) is 4.98 Å². The smallest absolute Gasteiger partial charge is 0.276 e. The van der Waals surface area contributed by atoms with Gasteiger partial charge in [0, 0.05) is 5.69 Å². The van der Waals surface area contributed by atoms with Crippen LogP contribution in [-0.4, -0.2) is 21.8 Å². The molecule has 0 radical (unpaired) electrons. The third-order valence-electron chi connectivity index (χ3n) is 4.04. The molecule has 0 saturated carbocycles. The molecular formula is C20H20N4O2. The van der Waals surface area contributed by atoms with Gasteiger partial charge in [-0.3, -0.25) is 9.59 Å². The summed E-state index contributed by atoms with van der Waals surface area (Å²) in [7, 11) is 0. The second-order valence-corrected chi connectivity index (χ2v) is 6.05. The van der Waals surface area contributed by atoms with Gasteiger partial charge in [-0.2, -0.15) is 0 Å². The SMILES string of the molecule is Cc1ccc(NC(=O)c2nc[nH]c2C(=O)N[C@H](C)c2ccccc2)cc1. The van der Waals surface area contributed by atoms with Crippen molar-refractivity contribution in [3.63, 3.8) is 0 Å². The number of carbonyl (C=O) groups excluding carboxylic acids is 2. The molecule has 0 spiro atoms. The third-order valence-corrected chi connectivity index (χ3v) is 4.04. The lowest BCUT2D eigenvalue weighted by atomic mass is 10.1. The fourth-order valence-electron chi connectivity index (χ4n) is 2.56. The minimum atomic E-state index is -0.437. The first-order valence-corrected chi connectivity index (χ1v) is 8.32. The lowest BCUT2D eigenvalue weighted by molar-refractivity contribution is 0.0923. The van der Waals surface area contributed by atoms with Crippen LogP contribution in [-0.2, 0) is 0 Å². The number of aromatic nitrogens is 2. The average molecular weight is 348 g/mol. The van der Waals surface area contributed by atoms with Gasteiger partial charge in [0.25, 0.3) is 11.8 Å². The Morgan fingerprint density at radius 1 is 1.00 bits per heavy atom. The highest BCUT2D eigenvalue weighted by molar-refractivity contribution is 6.10. The van der Waals surface area contributed by atoms with Crippen molar-refractivity contribution in [1.29, 1.82) is 0 Å². The Labute approximate surface area is 151 Å². The van der Waals surface area contributed by atoms with Crippen molar-refractivity contribution in [3.8, 4) is 0 Å². The van der Waals surface area contributed by atoms with Crippen LogP contribution >= 0.6 is 0 Å². The van der Waals surface area contributed by atoms with Gasteiger partial charge in [0.05, 0.1) is 12.4 Å². The van der Waals surface area contributed by atoms with E-state index < -0.39 is 5.91 Å². The Morgan fingerprint density at radius 3 is 2.38 bits per heavy atom. The summed E-state index contributed by atoms with van der Waals surface area (Å²) in [6.07, 6.45) is 1.34. The van der Waals surface area contributed by atoms with E-state index in [-0.39, 0.29) is 23.3 Å². The molecule has 0 aliphatic heterocycles. The predicted octanol–water partition coefficient (Wildman–Crippen LogP) is 3.46. The maximum atomic E-state index is 12.5. The highest BCUT2D eigenvalue weighted by Gasteiger charge is 2.22. The number of nitrogens with one attached hydrogen (secondary N) is 3. The molecule has 0 aliphatic carbocycles. The van der Waals surface area contributed by atoms with Gasteiger partial charge in [-0.1, -0.05) is 48.0 Å². The van der Waals surface area contributed by atoms with Crippen LogP contribution < -0.4 is 10.6 Å². The maximum absolute atomic E-state index is 12.5. The van der Waals surface area contributed by atoms with Gasteiger partial charge in [0.2, 0.25) is 0 Å². The van der Waals surface area contributed by atoms with E-state index in [0.29, 0.717) is 5.69 Å². The zero-order valence-electron chi connectivity index (χ0n) is 14.6. The molecule has 0 saturated heterocycles. The molecule has 1 atom stereocenters. The number of benzene rings is 2. The summed E-state index contributed by atoms with van der Waals surface area (Å²) >= 11 is 0. The molecule has 2 aromatic carbocycles. The van der Waals surface area contributed by atoms with Gasteiger partial charge in [0.15, 0.2) is 5.69 Å². The van der Waals surface area contributed by atoms with Crippen LogP contribution in [0.4, 0.5) is 5.69 Å². The first-order valence-electron chi connectivity index (χ1n) is 8.32. The van der Waals surface area contributed by atoms with Crippen LogP contribution in [0, 0.1) is 6.92 Å². The molecule has 0 aliphatic rings. The largest absolute Gasteiger partial charge is 0.344 e. The molecule has 2 amide bonds. The number of aromatic amines is 1. The second kappa shape index (κ2) is 7.65. The van der Waals surface area contributed by atoms with E-state index >= 15 is 0 Å². The molecule has 1 heterocycles. The molecule has 6 heteroatoms. The molecular weight excluding hydrogens is 328 g/mol. The summed E-state index contributed by atoms with van der Waals surface area (Å²) in [5.41, 5.74) is 2.91. The monoisotopic (exact) mass is 348 g/mol. The quantitative estimate of drug-likeness (QED) is 0.660. The minimum absolute atomic E-state index is 0.0586. The summed E-state index contributed by atoms with van der Waals surface area (Å²) in [5, 5.41) is 5.63. The molecule has 0 unspecified atom stereocenters. The molecule has 132 valence electrons. The van der Waals surface area contributed by atoms with Crippen LogP contribution in [0.15, 0.2) is 60.9 Å². The van der Waals surface area contributed by atoms with Crippen molar-refractivity contribution < 1.29 is 9.59 Å². The van der Waals surface area contributed by atoms with Crippen LogP contribution in [0.5, 0.6) is 0 Å². The summed E-state index contributed by atoms with van der Waals surface area (Å²) < 4.78 is 0. The van der Waals surface area contributed by atoms with Crippen molar-refractivity contribution in [3.05, 3.63) is 83.4 Å². The zero-order valence-corrected chi connectivity index (χ0v) is 14.6. The van der Waals surface area contributed by atoms with E-state index in [4.69, 9.17) is 0 Å². The summed E-state index contributed by atoms with van der Waals surface area (Å²) in [6, 6.07) is 16.8. The number of carbonyl (C=O) groups is 2. The van der Waals surface area contributed by atoms with Gasteiger partial charge < -0.3 is 15.6 Å². The average Bonchev–Trinajstić information content (AvgIpc) is 3.14. The van der Waals surface area contributed by atoms with Crippen LogP contribution in [0.25, 0.3) is 0 Å². The highest BCUT2D eigenvalue weighted by atomic mass is 16.2. The van der Waals surface area contributed by atoms with Crippen molar-refractivity contribution in [1.82, 2.24) is 15.3 Å². The number of anilines is 1. The maximum Gasteiger partial charge on any atom is 0.276 e. The van der Waals surface area contributed by atoms with Crippen molar-refractivity contribution in [2.75, 3.05) is 5.32 Å². The van der Waals surface area contributed by atoms with E-state index in [0.717, 1.165) is 11.1 Å². The summed E-state index contributed by atoms with van der Waals surface area (Å²) in [6.45, 7) is 3.85. The van der Waals surface area contributed by atoms with Gasteiger partial charge in [-0.05, 0) is 31.5 Å². The lowest BCUT2D eigenvalue weighted by Crippen LogP contribution is -2.29. The number of nitrogens with zero attached hydrogens (tertiary/aromatic N) is 1. The van der Waals surface area contributed by atoms with Gasteiger partial charge in [0.1, 0.15) is 5.69 Å². The van der Waals surface area contributed by atoms with E-state index in [1.165, 1.54) is 6.33 Å². The standard InChI is InChI=1S/C20H20N4O2/c1-13-8-10-16(11-9-13)24-20(26)18-17(21-12-22-18)19(25)23-14(2)15-6-4-3-5-7-15/h3-12,14H,1-2H3,(H,21,22)(H,23,25)(H,24,26)/t14-/m1/s1. The first-order chi connectivity index (χ1) is 12.5. The second-order valence-electron chi connectivity index (χ2n) is 6.05. The molecule has 3 N–H and O–H groups in total. The Balaban J connectivity index is 1.72.